The molecule has 0 spiro atoms. The third-order valence-corrected chi connectivity index (χ3v) is 3.66. The Kier molecular flexibility index (Phi) is 4.43. The van der Waals surface area contributed by atoms with Gasteiger partial charge in [-0.15, -0.1) is 0 Å². The molecule has 2 aromatic carbocycles. The fourth-order valence-electron chi connectivity index (χ4n) is 1.98. The van der Waals surface area contributed by atoms with Gasteiger partial charge in [0, 0.05) is 10.2 Å². The van der Waals surface area contributed by atoms with Crippen LogP contribution in [0.1, 0.15) is 5.56 Å². The lowest BCUT2D eigenvalue weighted by atomic mass is 10.2. The topological polar surface area (TPSA) is 73.1 Å². The number of anilines is 3. The molecule has 0 aliphatic heterocycles. The Bertz CT molecular complexity index is 821. The van der Waals surface area contributed by atoms with Gasteiger partial charge in [-0.1, -0.05) is 39.7 Å². The number of ether oxygens (including phenoxy) is 1. The zero-order chi connectivity index (χ0) is 16.2. The molecule has 0 saturated heterocycles. The van der Waals surface area contributed by atoms with E-state index in [0.29, 0.717) is 23.1 Å². The van der Waals surface area contributed by atoms with Gasteiger partial charge >= 0.3 is 0 Å². The van der Waals surface area contributed by atoms with Crippen molar-refractivity contribution in [1.29, 1.82) is 0 Å². The fraction of sp³-hybridized carbons (Fsp3) is 0.0588. The predicted molar refractivity (Wildman–Crippen MR) is 95.1 cm³/mol. The van der Waals surface area contributed by atoms with Gasteiger partial charge in [0.05, 0.1) is 0 Å². The van der Waals surface area contributed by atoms with Gasteiger partial charge in [0.15, 0.2) is 5.82 Å². The largest absolute Gasteiger partial charge is 0.437 e. The molecule has 0 bridgehead atoms. The molecule has 0 aliphatic carbocycles. The Morgan fingerprint density at radius 1 is 1.09 bits per heavy atom. The molecule has 0 fully saturated rings. The molecule has 0 radical (unpaired) electrons. The van der Waals surface area contributed by atoms with Gasteiger partial charge in [-0.05, 0) is 37.3 Å². The molecule has 0 unspecified atom stereocenters. The summed E-state index contributed by atoms with van der Waals surface area (Å²) in [6, 6.07) is 15.4. The molecule has 1 heterocycles. The van der Waals surface area contributed by atoms with Crippen LogP contribution in [0.15, 0.2) is 59.3 Å². The van der Waals surface area contributed by atoms with E-state index in [1.165, 1.54) is 6.33 Å². The third kappa shape index (κ3) is 3.78. The first-order valence-corrected chi connectivity index (χ1v) is 7.79. The van der Waals surface area contributed by atoms with Crippen molar-refractivity contribution in [3.05, 3.63) is 64.9 Å². The molecule has 3 rings (SSSR count). The quantitative estimate of drug-likeness (QED) is 0.698. The summed E-state index contributed by atoms with van der Waals surface area (Å²) < 4.78 is 6.70. The summed E-state index contributed by atoms with van der Waals surface area (Å²) in [7, 11) is 0. The lowest BCUT2D eigenvalue weighted by molar-refractivity contribution is 0.464. The van der Waals surface area contributed by atoms with Crippen molar-refractivity contribution < 1.29 is 4.74 Å². The zero-order valence-electron chi connectivity index (χ0n) is 12.5. The Morgan fingerprint density at radius 2 is 1.87 bits per heavy atom. The highest BCUT2D eigenvalue weighted by atomic mass is 79.9. The number of benzene rings is 2. The minimum absolute atomic E-state index is 0.321. The maximum Gasteiger partial charge on any atom is 0.248 e. The Morgan fingerprint density at radius 3 is 2.61 bits per heavy atom. The van der Waals surface area contributed by atoms with Gasteiger partial charge in [-0.3, -0.25) is 0 Å². The number of nitrogens with two attached hydrogens (primary N) is 1. The second-order valence-corrected chi connectivity index (χ2v) is 5.91. The molecule has 116 valence electrons. The smallest absolute Gasteiger partial charge is 0.248 e. The van der Waals surface area contributed by atoms with Crippen LogP contribution in [-0.4, -0.2) is 9.97 Å². The molecule has 5 nitrogen and oxygen atoms in total. The van der Waals surface area contributed by atoms with Crippen molar-refractivity contribution in [3.63, 3.8) is 0 Å². The lowest BCUT2D eigenvalue weighted by Gasteiger charge is -2.12. The number of nitrogens with one attached hydrogen (secondary N) is 1. The Labute approximate surface area is 142 Å². The third-order valence-electron chi connectivity index (χ3n) is 3.17. The molecule has 3 N–H and O–H groups in total. The van der Waals surface area contributed by atoms with Crippen molar-refractivity contribution in [1.82, 2.24) is 9.97 Å². The summed E-state index contributed by atoms with van der Waals surface area (Å²) in [5.74, 6) is 1.50. The monoisotopic (exact) mass is 370 g/mol. The highest BCUT2D eigenvalue weighted by Crippen LogP contribution is 2.31. The number of hydrogen-bond acceptors (Lipinski definition) is 5. The van der Waals surface area contributed by atoms with Crippen LogP contribution in [0.25, 0.3) is 0 Å². The standard InChI is InChI=1S/C17H15BrN4O/c1-11-5-7-14(8-6-11)23-17-15(19)16(20-10-21-17)22-13-4-2-3-12(18)9-13/h2-10H,19H2,1H3,(H,20,21,22). The van der Waals surface area contributed by atoms with E-state index in [1.54, 1.807) is 0 Å². The van der Waals surface area contributed by atoms with Crippen molar-refractivity contribution >= 4 is 33.1 Å². The van der Waals surface area contributed by atoms with Gasteiger partial charge in [-0.25, -0.2) is 4.98 Å². The van der Waals surface area contributed by atoms with E-state index in [4.69, 9.17) is 10.5 Å². The Hall–Kier alpha value is -2.60. The molecule has 6 heteroatoms. The molecule has 1 aromatic heterocycles. The summed E-state index contributed by atoms with van der Waals surface area (Å²) in [5.41, 5.74) is 8.50. The van der Waals surface area contributed by atoms with Crippen LogP contribution in [0.2, 0.25) is 0 Å². The summed E-state index contributed by atoms with van der Waals surface area (Å²) in [6.45, 7) is 2.02. The molecule has 0 saturated carbocycles. The van der Waals surface area contributed by atoms with Crippen LogP contribution in [0.4, 0.5) is 17.2 Å². The molecular formula is C17H15BrN4O. The summed E-state index contributed by atoms with van der Waals surface area (Å²) >= 11 is 3.43. The van der Waals surface area contributed by atoms with Crippen molar-refractivity contribution in [2.24, 2.45) is 0 Å². The second-order valence-electron chi connectivity index (χ2n) is 4.99. The maximum absolute atomic E-state index is 6.12. The van der Waals surface area contributed by atoms with Crippen LogP contribution in [-0.2, 0) is 0 Å². The molecule has 3 aromatic rings. The zero-order valence-corrected chi connectivity index (χ0v) is 14.0. The van der Waals surface area contributed by atoms with E-state index >= 15 is 0 Å². The van der Waals surface area contributed by atoms with Crippen LogP contribution < -0.4 is 15.8 Å². The molecule has 0 atom stereocenters. The van der Waals surface area contributed by atoms with Crippen molar-refractivity contribution in [3.8, 4) is 11.6 Å². The van der Waals surface area contributed by atoms with E-state index in [2.05, 4.69) is 31.2 Å². The van der Waals surface area contributed by atoms with E-state index in [0.717, 1.165) is 15.7 Å². The van der Waals surface area contributed by atoms with E-state index < -0.39 is 0 Å². The minimum atomic E-state index is 0.321. The second kappa shape index (κ2) is 6.66. The van der Waals surface area contributed by atoms with Gasteiger partial charge in [-0.2, -0.15) is 4.98 Å². The SMILES string of the molecule is Cc1ccc(Oc2ncnc(Nc3cccc(Br)c3)c2N)cc1. The number of halogens is 1. The number of aromatic nitrogens is 2. The average molecular weight is 371 g/mol. The van der Waals surface area contributed by atoms with Gasteiger partial charge < -0.3 is 15.8 Å². The lowest BCUT2D eigenvalue weighted by Crippen LogP contribution is -2.03. The highest BCUT2D eigenvalue weighted by molar-refractivity contribution is 9.10. The number of aryl methyl sites for hydroxylation is 1. The number of hydrogen-bond donors (Lipinski definition) is 2. The van der Waals surface area contributed by atoms with E-state index in [-0.39, 0.29) is 0 Å². The van der Waals surface area contributed by atoms with Crippen LogP contribution in [0.3, 0.4) is 0 Å². The van der Waals surface area contributed by atoms with E-state index in [1.807, 2.05) is 55.5 Å². The average Bonchev–Trinajstić information content (AvgIpc) is 2.53. The fourth-order valence-corrected chi connectivity index (χ4v) is 2.38. The molecular weight excluding hydrogens is 356 g/mol. The van der Waals surface area contributed by atoms with E-state index in [9.17, 15) is 0 Å². The van der Waals surface area contributed by atoms with Crippen molar-refractivity contribution in [2.45, 2.75) is 6.92 Å². The number of rotatable bonds is 4. The maximum atomic E-state index is 6.12. The molecule has 0 aliphatic rings. The van der Waals surface area contributed by atoms with Crippen LogP contribution in [0.5, 0.6) is 11.6 Å². The normalized spacial score (nSPS) is 10.3. The highest BCUT2D eigenvalue weighted by Gasteiger charge is 2.10. The first-order chi connectivity index (χ1) is 11.1. The van der Waals surface area contributed by atoms with Gasteiger partial charge in [0.25, 0.3) is 0 Å². The van der Waals surface area contributed by atoms with Crippen molar-refractivity contribution in [2.75, 3.05) is 11.1 Å². The first-order valence-electron chi connectivity index (χ1n) is 6.99. The van der Waals surface area contributed by atoms with Gasteiger partial charge in [0.2, 0.25) is 5.88 Å². The first kappa shape index (κ1) is 15.3. The number of nitrogens with zero attached hydrogens (tertiary/aromatic N) is 2. The predicted octanol–water partition coefficient (Wildman–Crippen LogP) is 4.67. The minimum Gasteiger partial charge on any atom is -0.437 e. The summed E-state index contributed by atoms with van der Waals surface area (Å²) in [4.78, 5) is 8.29. The van der Waals surface area contributed by atoms with Crippen LogP contribution in [0, 0.1) is 6.92 Å². The van der Waals surface area contributed by atoms with Crippen LogP contribution >= 0.6 is 15.9 Å². The molecule has 0 amide bonds. The number of nitrogen functional groups attached to an aromatic ring is 1. The Balaban J connectivity index is 1.84. The molecule has 23 heavy (non-hydrogen) atoms. The van der Waals surface area contributed by atoms with Gasteiger partial charge in [0.1, 0.15) is 17.8 Å². The summed E-state index contributed by atoms with van der Waals surface area (Å²) in [6.07, 6.45) is 1.42. The summed E-state index contributed by atoms with van der Waals surface area (Å²) in [5, 5.41) is 3.16.